The average Bonchev–Trinajstić information content (AvgIpc) is 3.15. The minimum absolute atomic E-state index is 0.448. The Hall–Kier alpha value is -2.73. The zero-order chi connectivity index (χ0) is 16.2. The van der Waals surface area contributed by atoms with E-state index in [0.717, 1.165) is 22.5 Å². The highest BCUT2D eigenvalue weighted by Gasteiger charge is 2.07. The summed E-state index contributed by atoms with van der Waals surface area (Å²) in [4.78, 5) is 0. The molecule has 3 aromatic rings. The van der Waals surface area contributed by atoms with Gasteiger partial charge in [-0.15, -0.1) is 0 Å². The number of H-pyrrole nitrogens is 1. The number of nitrogens with one attached hydrogen (secondary N) is 1. The van der Waals surface area contributed by atoms with Gasteiger partial charge in [-0.1, -0.05) is 23.8 Å². The Morgan fingerprint density at radius 2 is 2.22 bits per heavy atom. The fraction of sp³-hybridized carbons (Fsp3) is 0.118. The monoisotopic (exact) mass is 324 g/mol. The summed E-state index contributed by atoms with van der Waals surface area (Å²) < 4.78 is 7.35. The van der Waals surface area contributed by atoms with E-state index in [4.69, 9.17) is 16.6 Å². The molecule has 0 aliphatic rings. The molecule has 0 fully saturated rings. The fourth-order valence-electron chi connectivity index (χ4n) is 2.15. The lowest BCUT2D eigenvalue weighted by Crippen LogP contribution is -1.95. The molecule has 116 valence electrons. The zero-order valence-electron chi connectivity index (χ0n) is 12.9. The Morgan fingerprint density at radius 1 is 1.35 bits per heavy atom. The first-order chi connectivity index (χ1) is 11.1. The third-order valence-electron chi connectivity index (χ3n) is 3.22. The number of hydrogen-bond donors (Lipinski definition) is 1. The molecule has 0 amide bonds. The van der Waals surface area contributed by atoms with E-state index in [1.165, 1.54) is 0 Å². The van der Waals surface area contributed by atoms with Crippen LogP contribution in [-0.4, -0.2) is 21.1 Å². The Bertz CT molecular complexity index is 916. The zero-order valence-corrected chi connectivity index (χ0v) is 13.7. The van der Waals surface area contributed by atoms with Gasteiger partial charge in [0.25, 0.3) is 0 Å². The Labute approximate surface area is 139 Å². The average molecular weight is 324 g/mol. The standard InChI is InChI=1S/C17H16N4OS/c1-12-5-3-6-14(9-12)16-19-20-17(23)21(16)18-11-13(2)10-15-7-4-8-22-15/h3-11H,1-2H3,(H,20,23)/b13-10+,18-11-. The van der Waals surface area contributed by atoms with Crippen molar-refractivity contribution < 1.29 is 4.42 Å². The molecule has 2 heterocycles. The van der Waals surface area contributed by atoms with Crippen LogP contribution in [0.25, 0.3) is 17.5 Å². The largest absolute Gasteiger partial charge is 0.465 e. The van der Waals surface area contributed by atoms with E-state index < -0.39 is 0 Å². The number of benzene rings is 1. The molecule has 0 saturated heterocycles. The van der Waals surface area contributed by atoms with Crippen molar-refractivity contribution in [2.24, 2.45) is 5.10 Å². The molecule has 0 bridgehead atoms. The van der Waals surface area contributed by atoms with Crippen molar-refractivity contribution in [2.75, 3.05) is 0 Å². The number of aromatic nitrogens is 3. The van der Waals surface area contributed by atoms with E-state index in [1.807, 2.05) is 56.3 Å². The molecule has 23 heavy (non-hydrogen) atoms. The normalized spacial score (nSPS) is 12.2. The maximum atomic E-state index is 5.29. The van der Waals surface area contributed by atoms with Crippen molar-refractivity contribution in [3.63, 3.8) is 0 Å². The van der Waals surface area contributed by atoms with E-state index in [0.29, 0.717) is 10.6 Å². The van der Waals surface area contributed by atoms with Crippen LogP contribution in [0, 0.1) is 11.7 Å². The summed E-state index contributed by atoms with van der Waals surface area (Å²) in [6.07, 6.45) is 5.27. The first-order valence-electron chi connectivity index (χ1n) is 7.14. The Kier molecular flexibility index (Phi) is 4.34. The molecule has 0 saturated carbocycles. The van der Waals surface area contributed by atoms with Crippen LogP contribution in [0.15, 0.2) is 57.8 Å². The topological polar surface area (TPSA) is 59.1 Å². The van der Waals surface area contributed by atoms with Gasteiger partial charge in [0.1, 0.15) is 5.76 Å². The number of nitrogens with zero attached hydrogens (tertiary/aromatic N) is 3. The number of aryl methyl sites for hydroxylation is 1. The number of allylic oxidation sites excluding steroid dienone is 1. The van der Waals surface area contributed by atoms with Crippen molar-refractivity contribution in [3.05, 3.63) is 64.3 Å². The summed E-state index contributed by atoms with van der Waals surface area (Å²) in [6, 6.07) is 11.8. The molecular weight excluding hydrogens is 308 g/mol. The predicted octanol–water partition coefficient (Wildman–Crippen LogP) is 4.45. The van der Waals surface area contributed by atoms with Gasteiger partial charge < -0.3 is 4.42 Å². The molecule has 5 nitrogen and oxygen atoms in total. The smallest absolute Gasteiger partial charge is 0.216 e. The Balaban J connectivity index is 1.93. The van der Waals surface area contributed by atoms with E-state index in [1.54, 1.807) is 17.2 Å². The van der Waals surface area contributed by atoms with Crippen LogP contribution in [0.5, 0.6) is 0 Å². The first-order valence-corrected chi connectivity index (χ1v) is 7.55. The van der Waals surface area contributed by atoms with E-state index in [2.05, 4.69) is 15.3 Å². The predicted molar refractivity (Wildman–Crippen MR) is 93.8 cm³/mol. The van der Waals surface area contributed by atoms with E-state index in [9.17, 15) is 0 Å². The third-order valence-corrected chi connectivity index (χ3v) is 3.48. The van der Waals surface area contributed by atoms with Gasteiger partial charge in [-0.2, -0.15) is 14.9 Å². The second-order valence-electron chi connectivity index (χ2n) is 5.18. The van der Waals surface area contributed by atoms with Crippen molar-refractivity contribution in [2.45, 2.75) is 13.8 Å². The molecule has 0 atom stereocenters. The van der Waals surface area contributed by atoms with Crippen LogP contribution in [0.3, 0.4) is 0 Å². The molecule has 0 spiro atoms. The fourth-order valence-corrected chi connectivity index (χ4v) is 2.33. The lowest BCUT2D eigenvalue weighted by Gasteiger charge is -2.02. The maximum absolute atomic E-state index is 5.29. The highest BCUT2D eigenvalue weighted by Crippen LogP contribution is 2.18. The molecule has 0 aliphatic carbocycles. The number of rotatable bonds is 4. The van der Waals surface area contributed by atoms with Crippen molar-refractivity contribution in [3.8, 4) is 11.4 Å². The quantitative estimate of drug-likeness (QED) is 0.570. The van der Waals surface area contributed by atoms with Gasteiger partial charge in [-0.05, 0) is 55.9 Å². The summed E-state index contributed by atoms with van der Waals surface area (Å²) in [5, 5.41) is 11.5. The number of aromatic amines is 1. The van der Waals surface area contributed by atoms with Crippen LogP contribution < -0.4 is 0 Å². The maximum Gasteiger partial charge on any atom is 0.216 e. The van der Waals surface area contributed by atoms with Gasteiger partial charge in [-0.3, -0.25) is 0 Å². The molecule has 6 heteroatoms. The molecule has 0 unspecified atom stereocenters. The summed E-state index contributed by atoms with van der Waals surface area (Å²) in [5.41, 5.74) is 3.06. The van der Waals surface area contributed by atoms with E-state index in [-0.39, 0.29) is 0 Å². The summed E-state index contributed by atoms with van der Waals surface area (Å²) in [6.45, 7) is 3.98. The van der Waals surface area contributed by atoms with Gasteiger partial charge in [0.2, 0.25) is 4.77 Å². The number of hydrogen-bond acceptors (Lipinski definition) is 4. The molecule has 3 rings (SSSR count). The van der Waals surface area contributed by atoms with E-state index >= 15 is 0 Å². The van der Waals surface area contributed by atoms with Crippen LogP contribution in [-0.2, 0) is 0 Å². The van der Waals surface area contributed by atoms with Crippen LogP contribution >= 0.6 is 12.2 Å². The molecular formula is C17H16N4OS. The number of furan rings is 1. The third kappa shape index (κ3) is 3.54. The Morgan fingerprint density at radius 3 is 2.96 bits per heavy atom. The molecule has 0 aliphatic heterocycles. The minimum Gasteiger partial charge on any atom is -0.465 e. The molecule has 2 aromatic heterocycles. The molecule has 0 radical (unpaired) electrons. The van der Waals surface area contributed by atoms with Gasteiger partial charge in [0, 0.05) is 5.56 Å². The van der Waals surface area contributed by atoms with Gasteiger partial charge >= 0.3 is 0 Å². The van der Waals surface area contributed by atoms with Crippen LogP contribution in [0.1, 0.15) is 18.2 Å². The summed E-state index contributed by atoms with van der Waals surface area (Å²) in [5.74, 6) is 1.46. The van der Waals surface area contributed by atoms with Crippen molar-refractivity contribution in [1.82, 2.24) is 14.9 Å². The highest BCUT2D eigenvalue weighted by molar-refractivity contribution is 7.71. The van der Waals surface area contributed by atoms with Gasteiger partial charge in [0.05, 0.1) is 12.5 Å². The molecule has 1 aromatic carbocycles. The van der Waals surface area contributed by atoms with Gasteiger partial charge in [0.15, 0.2) is 5.82 Å². The summed E-state index contributed by atoms with van der Waals surface area (Å²) >= 11 is 5.27. The first kappa shape index (κ1) is 15.2. The van der Waals surface area contributed by atoms with Crippen molar-refractivity contribution in [1.29, 1.82) is 0 Å². The minimum atomic E-state index is 0.448. The SMILES string of the molecule is CC(/C=N\n1c(-c2cccc(C)c2)n[nH]c1=S)=C\c1ccco1. The molecule has 1 N–H and O–H groups in total. The van der Waals surface area contributed by atoms with Crippen molar-refractivity contribution >= 4 is 24.5 Å². The lowest BCUT2D eigenvalue weighted by atomic mass is 10.1. The highest BCUT2D eigenvalue weighted by atomic mass is 32.1. The lowest BCUT2D eigenvalue weighted by molar-refractivity contribution is 0.557. The second-order valence-corrected chi connectivity index (χ2v) is 5.57. The van der Waals surface area contributed by atoms with Gasteiger partial charge in [-0.25, -0.2) is 5.10 Å². The second kappa shape index (κ2) is 6.58. The van der Waals surface area contributed by atoms with Crippen LogP contribution in [0.2, 0.25) is 0 Å². The summed E-state index contributed by atoms with van der Waals surface area (Å²) in [7, 11) is 0. The van der Waals surface area contributed by atoms with Crippen LogP contribution in [0.4, 0.5) is 0 Å².